The predicted molar refractivity (Wildman–Crippen MR) is 102 cm³/mol. The fourth-order valence-corrected chi connectivity index (χ4v) is 2.66. The second-order valence-electron chi connectivity index (χ2n) is 5.72. The first kappa shape index (κ1) is 18.4. The van der Waals surface area contributed by atoms with Gasteiger partial charge in [-0.05, 0) is 48.9 Å². The van der Waals surface area contributed by atoms with Gasteiger partial charge in [-0.1, -0.05) is 29.8 Å². The molecule has 2 aromatic carbocycles. The maximum atomic E-state index is 12.1. The normalized spacial score (nSPS) is 10.9. The monoisotopic (exact) mass is 382 g/mol. The van der Waals surface area contributed by atoms with Gasteiger partial charge in [0.2, 0.25) is 0 Å². The molecule has 0 unspecified atom stereocenters. The Labute approximate surface area is 160 Å². The van der Waals surface area contributed by atoms with Crippen molar-refractivity contribution in [1.29, 1.82) is 0 Å². The van der Waals surface area contributed by atoms with Crippen LogP contribution in [-0.4, -0.2) is 23.2 Å². The molecule has 0 aliphatic rings. The maximum Gasteiger partial charge on any atom is 0.337 e. The number of nitrogens with zero attached hydrogens (tertiary/aromatic N) is 1. The number of rotatable bonds is 5. The van der Waals surface area contributed by atoms with E-state index >= 15 is 0 Å². The summed E-state index contributed by atoms with van der Waals surface area (Å²) >= 11 is 5.87. The number of hydrogen-bond donors (Lipinski definition) is 2. The Bertz CT molecular complexity index is 1040. The van der Waals surface area contributed by atoms with E-state index < -0.39 is 5.97 Å². The SMILES string of the molecule is Cc1ccccc1C(=O)N/N=C\c1ccc(-c2ccc(Cl)c(C(=O)O)c2)o1. The predicted octanol–water partition coefficient (Wildman–Crippen LogP) is 4.37. The second kappa shape index (κ2) is 7.88. The quantitative estimate of drug-likeness (QED) is 0.506. The molecule has 1 amide bonds. The molecule has 0 saturated carbocycles. The summed E-state index contributed by atoms with van der Waals surface area (Å²) in [5.74, 6) is -0.572. The molecule has 3 aromatic rings. The average molecular weight is 383 g/mol. The highest BCUT2D eigenvalue weighted by Crippen LogP contribution is 2.26. The van der Waals surface area contributed by atoms with Crippen LogP contribution in [0.3, 0.4) is 0 Å². The van der Waals surface area contributed by atoms with E-state index in [1.165, 1.54) is 18.3 Å². The fraction of sp³-hybridized carbons (Fsp3) is 0.0500. The van der Waals surface area contributed by atoms with Crippen LogP contribution < -0.4 is 5.43 Å². The summed E-state index contributed by atoms with van der Waals surface area (Å²) in [6.07, 6.45) is 1.37. The third-order valence-corrected chi connectivity index (χ3v) is 4.19. The van der Waals surface area contributed by atoms with Gasteiger partial charge in [-0.2, -0.15) is 5.10 Å². The van der Waals surface area contributed by atoms with Crippen molar-refractivity contribution in [2.24, 2.45) is 5.10 Å². The summed E-state index contributed by atoms with van der Waals surface area (Å²) in [6.45, 7) is 1.84. The minimum atomic E-state index is -1.12. The molecule has 136 valence electrons. The molecule has 0 fully saturated rings. The van der Waals surface area contributed by atoms with Crippen LogP contribution in [0.2, 0.25) is 5.02 Å². The Hall–Kier alpha value is -3.38. The lowest BCUT2D eigenvalue weighted by atomic mass is 10.1. The number of aromatic carboxylic acids is 1. The Morgan fingerprint density at radius 2 is 1.89 bits per heavy atom. The number of amides is 1. The van der Waals surface area contributed by atoms with Gasteiger partial charge in [-0.3, -0.25) is 4.79 Å². The van der Waals surface area contributed by atoms with Gasteiger partial charge in [0, 0.05) is 11.1 Å². The van der Waals surface area contributed by atoms with Gasteiger partial charge in [0.15, 0.2) is 0 Å². The highest BCUT2D eigenvalue weighted by Gasteiger charge is 2.12. The van der Waals surface area contributed by atoms with Gasteiger partial charge in [-0.15, -0.1) is 0 Å². The van der Waals surface area contributed by atoms with Crippen molar-refractivity contribution in [3.05, 3.63) is 82.1 Å². The summed E-state index contributed by atoms with van der Waals surface area (Å²) < 4.78 is 5.62. The molecule has 0 saturated heterocycles. The van der Waals surface area contributed by atoms with Crippen LogP contribution in [0.15, 0.2) is 64.1 Å². The van der Waals surface area contributed by atoms with E-state index in [9.17, 15) is 9.59 Å². The number of hydrogen-bond acceptors (Lipinski definition) is 4. The van der Waals surface area contributed by atoms with Crippen molar-refractivity contribution in [3.63, 3.8) is 0 Å². The largest absolute Gasteiger partial charge is 0.478 e. The number of carboxylic acids is 1. The molecule has 3 rings (SSSR count). The minimum absolute atomic E-state index is 0.00808. The molecular formula is C20H15ClN2O4. The molecule has 0 atom stereocenters. The number of carboxylic acid groups (broad SMARTS) is 1. The molecule has 0 bridgehead atoms. The van der Waals surface area contributed by atoms with Crippen LogP contribution in [0.4, 0.5) is 0 Å². The van der Waals surface area contributed by atoms with Crippen molar-refractivity contribution < 1.29 is 19.1 Å². The van der Waals surface area contributed by atoms with Gasteiger partial charge in [0.25, 0.3) is 5.91 Å². The zero-order valence-electron chi connectivity index (χ0n) is 14.3. The molecule has 0 spiro atoms. The van der Waals surface area contributed by atoms with Crippen LogP contribution in [0.25, 0.3) is 11.3 Å². The van der Waals surface area contributed by atoms with Gasteiger partial charge in [-0.25, -0.2) is 10.2 Å². The molecule has 1 aromatic heterocycles. The first-order valence-corrected chi connectivity index (χ1v) is 8.35. The zero-order chi connectivity index (χ0) is 19.4. The molecule has 2 N–H and O–H groups in total. The van der Waals surface area contributed by atoms with Crippen molar-refractivity contribution >= 4 is 29.7 Å². The van der Waals surface area contributed by atoms with Gasteiger partial charge in [0.1, 0.15) is 11.5 Å². The van der Waals surface area contributed by atoms with E-state index in [1.807, 2.05) is 19.1 Å². The van der Waals surface area contributed by atoms with Crippen LogP contribution >= 0.6 is 11.6 Å². The summed E-state index contributed by atoms with van der Waals surface area (Å²) in [4.78, 5) is 23.3. The number of furan rings is 1. The zero-order valence-corrected chi connectivity index (χ0v) is 15.0. The highest BCUT2D eigenvalue weighted by atomic mass is 35.5. The molecule has 0 aliphatic carbocycles. The molecule has 0 radical (unpaired) electrons. The van der Waals surface area contributed by atoms with Crippen molar-refractivity contribution in [2.75, 3.05) is 0 Å². The molecule has 7 heteroatoms. The van der Waals surface area contributed by atoms with Gasteiger partial charge >= 0.3 is 5.97 Å². The Morgan fingerprint density at radius 1 is 1.11 bits per heavy atom. The first-order valence-electron chi connectivity index (χ1n) is 7.98. The Morgan fingerprint density at radius 3 is 2.63 bits per heavy atom. The summed E-state index contributed by atoms with van der Waals surface area (Å²) in [5.41, 5.74) is 4.39. The standard InChI is InChI=1S/C20H15ClN2O4/c1-12-4-2-3-5-15(12)19(24)23-22-11-14-7-9-18(27-14)13-6-8-17(21)16(10-13)20(25)26/h2-11H,1H3,(H,23,24)(H,25,26)/b22-11-. The molecular weight excluding hydrogens is 368 g/mol. The number of nitrogens with one attached hydrogen (secondary N) is 1. The highest BCUT2D eigenvalue weighted by molar-refractivity contribution is 6.33. The second-order valence-corrected chi connectivity index (χ2v) is 6.12. The van der Waals surface area contributed by atoms with Crippen molar-refractivity contribution in [1.82, 2.24) is 5.43 Å². The molecule has 6 nitrogen and oxygen atoms in total. The van der Waals surface area contributed by atoms with E-state index in [4.69, 9.17) is 21.1 Å². The van der Waals surface area contributed by atoms with E-state index in [2.05, 4.69) is 10.5 Å². The fourth-order valence-electron chi connectivity index (χ4n) is 2.46. The number of aryl methyl sites for hydroxylation is 1. The maximum absolute atomic E-state index is 12.1. The van der Waals surface area contributed by atoms with Crippen molar-refractivity contribution in [3.8, 4) is 11.3 Å². The number of hydrazone groups is 1. The first-order chi connectivity index (χ1) is 13.0. The lowest BCUT2D eigenvalue weighted by Gasteiger charge is -2.02. The lowest BCUT2D eigenvalue weighted by Crippen LogP contribution is -2.18. The van der Waals surface area contributed by atoms with E-state index in [0.29, 0.717) is 22.6 Å². The molecule has 0 aliphatic heterocycles. The van der Waals surface area contributed by atoms with Crippen LogP contribution in [0.5, 0.6) is 0 Å². The van der Waals surface area contributed by atoms with Gasteiger partial charge < -0.3 is 9.52 Å². The van der Waals surface area contributed by atoms with E-state index in [0.717, 1.165) is 5.56 Å². The Balaban J connectivity index is 1.72. The topological polar surface area (TPSA) is 91.9 Å². The third-order valence-electron chi connectivity index (χ3n) is 3.86. The van der Waals surface area contributed by atoms with Crippen LogP contribution in [0.1, 0.15) is 32.0 Å². The number of benzene rings is 2. The van der Waals surface area contributed by atoms with Gasteiger partial charge in [0.05, 0.1) is 16.8 Å². The van der Waals surface area contributed by atoms with Crippen molar-refractivity contribution in [2.45, 2.75) is 6.92 Å². The molecule has 27 heavy (non-hydrogen) atoms. The Kier molecular flexibility index (Phi) is 5.38. The summed E-state index contributed by atoms with van der Waals surface area (Å²) in [5, 5.41) is 13.2. The smallest absolute Gasteiger partial charge is 0.337 e. The van der Waals surface area contributed by atoms with Crippen LogP contribution in [-0.2, 0) is 0 Å². The lowest BCUT2D eigenvalue weighted by molar-refractivity contribution is 0.0697. The van der Waals surface area contributed by atoms with E-state index in [-0.39, 0.29) is 16.5 Å². The number of halogens is 1. The minimum Gasteiger partial charge on any atom is -0.478 e. The van der Waals surface area contributed by atoms with Crippen LogP contribution in [0, 0.1) is 6.92 Å². The summed E-state index contributed by atoms with van der Waals surface area (Å²) in [7, 11) is 0. The summed E-state index contributed by atoms with van der Waals surface area (Å²) in [6, 6.07) is 15.1. The number of carbonyl (C=O) groups excluding carboxylic acids is 1. The average Bonchev–Trinajstić information content (AvgIpc) is 3.11. The third kappa shape index (κ3) is 4.24. The molecule has 1 heterocycles. The number of carbonyl (C=O) groups is 2. The van der Waals surface area contributed by atoms with E-state index in [1.54, 1.807) is 30.3 Å².